The molecule has 0 radical (unpaired) electrons. The number of halogens is 2. The van der Waals surface area contributed by atoms with Crippen molar-refractivity contribution in [2.45, 2.75) is 24.8 Å². The maximum atomic E-state index is 12.2. The van der Waals surface area contributed by atoms with Crippen molar-refractivity contribution in [2.75, 3.05) is 0 Å². The zero-order chi connectivity index (χ0) is 14.8. The summed E-state index contributed by atoms with van der Waals surface area (Å²) in [7, 11) is -3.96. The number of sulfonamides is 1. The lowest BCUT2D eigenvalue weighted by Crippen LogP contribution is -2.44. The summed E-state index contributed by atoms with van der Waals surface area (Å²) in [6.45, 7) is 3.24. The molecular formula is C11H13BrClNO4S. The molecule has 0 aliphatic carbocycles. The molecule has 0 aliphatic rings. The number of carbonyl (C=O) groups is 1. The lowest BCUT2D eigenvalue weighted by molar-refractivity contribution is -0.140. The Hall–Kier alpha value is -0.630. The van der Waals surface area contributed by atoms with Gasteiger partial charge in [-0.25, -0.2) is 8.42 Å². The molecule has 2 N–H and O–H groups in total. The molecule has 0 unspecified atom stereocenters. The number of hydrogen-bond acceptors (Lipinski definition) is 3. The highest BCUT2D eigenvalue weighted by molar-refractivity contribution is 9.10. The first-order chi connectivity index (χ1) is 8.66. The van der Waals surface area contributed by atoms with E-state index in [4.69, 9.17) is 16.7 Å². The van der Waals surface area contributed by atoms with Gasteiger partial charge in [-0.15, -0.1) is 0 Å². The first-order valence-corrected chi connectivity index (χ1v) is 8.01. The van der Waals surface area contributed by atoms with Gasteiger partial charge >= 0.3 is 5.97 Å². The molecule has 1 rings (SSSR count). The highest BCUT2D eigenvalue weighted by Crippen LogP contribution is 2.29. The van der Waals surface area contributed by atoms with E-state index in [0.717, 1.165) is 0 Å². The van der Waals surface area contributed by atoms with E-state index in [1.807, 2.05) is 0 Å². The van der Waals surface area contributed by atoms with Crippen LogP contribution >= 0.6 is 27.5 Å². The second kappa shape index (κ2) is 6.21. The fraction of sp³-hybridized carbons (Fsp3) is 0.364. The Morgan fingerprint density at radius 2 is 2.00 bits per heavy atom. The van der Waals surface area contributed by atoms with Crippen molar-refractivity contribution in [3.63, 3.8) is 0 Å². The Labute approximate surface area is 125 Å². The summed E-state index contributed by atoms with van der Waals surface area (Å²) >= 11 is 8.91. The van der Waals surface area contributed by atoms with Crippen LogP contribution < -0.4 is 4.72 Å². The van der Waals surface area contributed by atoms with Crippen LogP contribution in [-0.2, 0) is 14.8 Å². The van der Waals surface area contributed by atoms with Crippen LogP contribution in [0.1, 0.15) is 13.8 Å². The molecule has 0 bridgehead atoms. The van der Waals surface area contributed by atoms with Gasteiger partial charge in [0.25, 0.3) is 0 Å². The van der Waals surface area contributed by atoms with Crippen molar-refractivity contribution in [1.82, 2.24) is 4.72 Å². The second-order valence-corrected chi connectivity index (χ2v) is 7.12. The van der Waals surface area contributed by atoms with Crippen molar-refractivity contribution < 1.29 is 18.3 Å². The van der Waals surface area contributed by atoms with Gasteiger partial charge in [0, 0.05) is 0 Å². The van der Waals surface area contributed by atoms with Gasteiger partial charge in [-0.3, -0.25) is 4.79 Å². The standard InChI is InChI=1S/C11H13BrClNO4S/c1-6(2)10(11(15)16)14-19(17,18)8-5-3-4-7(13)9(8)12/h3-6,10,14H,1-2H3,(H,15,16)/t10-/m1/s1. The van der Waals surface area contributed by atoms with E-state index in [2.05, 4.69) is 20.7 Å². The zero-order valence-corrected chi connectivity index (χ0v) is 13.4. The van der Waals surface area contributed by atoms with Gasteiger partial charge in [-0.2, -0.15) is 4.72 Å². The largest absolute Gasteiger partial charge is 0.480 e. The van der Waals surface area contributed by atoms with E-state index in [-0.39, 0.29) is 20.3 Å². The van der Waals surface area contributed by atoms with Crippen LogP contribution in [0.4, 0.5) is 0 Å². The van der Waals surface area contributed by atoms with E-state index < -0.39 is 22.0 Å². The van der Waals surface area contributed by atoms with Crippen LogP contribution in [0.5, 0.6) is 0 Å². The smallest absolute Gasteiger partial charge is 0.322 e. The molecule has 106 valence electrons. The zero-order valence-electron chi connectivity index (χ0n) is 10.2. The van der Waals surface area contributed by atoms with E-state index >= 15 is 0 Å². The van der Waals surface area contributed by atoms with E-state index in [9.17, 15) is 13.2 Å². The number of hydrogen-bond donors (Lipinski definition) is 2. The molecule has 0 aromatic heterocycles. The predicted molar refractivity (Wildman–Crippen MR) is 75.7 cm³/mol. The van der Waals surface area contributed by atoms with Gasteiger partial charge in [0.15, 0.2) is 0 Å². The summed E-state index contributed by atoms with van der Waals surface area (Å²) in [5, 5.41) is 9.25. The first-order valence-electron chi connectivity index (χ1n) is 5.36. The third-order valence-corrected chi connectivity index (χ3v) is 5.56. The minimum Gasteiger partial charge on any atom is -0.480 e. The first kappa shape index (κ1) is 16.4. The fourth-order valence-corrected chi connectivity index (χ4v) is 3.97. The van der Waals surface area contributed by atoms with Gasteiger partial charge < -0.3 is 5.11 Å². The van der Waals surface area contributed by atoms with Gasteiger partial charge in [0.1, 0.15) is 6.04 Å². The Morgan fingerprint density at radius 1 is 1.42 bits per heavy atom. The predicted octanol–water partition coefficient (Wildman–Crippen LogP) is 2.49. The number of carboxylic acid groups (broad SMARTS) is 1. The molecule has 0 saturated carbocycles. The van der Waals surface area contributed by atoms with E-state index in [1.165, 1.54) is 18.2 Å². The summed E-state index contributed by atoms with van der Waals surface area (Å²) < 4.78 is 26.7. The maximum absolute atomic E-state index is 12.2. The summed E-state index contributed by atoms with van der Waals surface area (Å²) in [6, 6.07) is 3.16. The Balaban J connectivity index is 3.18. The molecule has 0 saturated heterocycles. The lowest BCUT2D eigenvalue weighted by atomic mass is 10.1. The fourth-order valence-electron chi connectivity index (χ4n) is 1.39. The molecule has 1 aromatic carbocycles. The third-order valence-electron chi connectivity index (χ3n) is 2.42. The van der Waals surface area contributed by atoms with E-state index in [0.29, 0.717) is 0 Å². The number of aliphatic carboxylic acids is 1. The van der Waals surface area contributed by atoms with Crippen LogP contribution in [0.15, 0.2) is 27.6 Å². The van der Waals surface area contributed by atoms with Crippen LogP contribution in [0.25, 0.3) is 0 Å². The monoisotopic (exact) mass is 369 g/mol. The second-order valence-electron chi connectivity index (χ2n) is 4.23. The summed E-state index contributed by atoms with van der Waals surface area (Å²) in [6.07, 6.45) is 0. The molecule has 0 fully saturated rings. The Kier molecular flexibility index (Phi) is 5.37. The van der Waals surface area contributed by atoms with Crippen molar-refractivity contribution >= 4 is 43.5 Å². The number of nitrogens with one attached hydrogen (secondary N) is 1. The van der Waals surface area contributed by atoms with Gasteiger partial charge in [-0.1, -0.05) is 31.5 Å². The molecule has 5 nitrogen and oxygen atoms in total. The van der Waals surface area contributed by atoms with Crippen molar-refractivity contribution in [3.05, 3.63) is 27.7 Å². The van der Waals surface area contributed by atoms with Crippen LogP contribution in [0, 0.1) is 5.92 Å². The third kappa shape index (κ3) is 3.92. The number of benzene rings is 1. The molecule has 0 heterocycles. The molecule has 0 spiro atoms. The molecule has 19 heavy (non-hydrogen) atoms. The van der Waals surface area contributed by atoms with Crippen molar-refractivity contribution in [2.24, 2.45) is 5.92 Å². The number of carboxylic acids is 1. The Bertz CT molecular complexity index is 588. The summed E-state index contributed by atoms with van der Waals surface area (Å²) in [5.74, 6) is -1.61. The quantitative estimate of drug-likeness (QED) is 0.834. The Morgan fingerprint density at radius 3 is 2.47 bits per heavy atom. The highest BCUT2D eigenvalue weighted by atomic mass is 79.9. The van der Waals surface area contributed by atoms with Gasteiger partial charge in [-0.05, 0) is 34.0 Å². The van der Waals surface area contributed by atoms with Crippen molar-refractivity contribution in [3.8, 4) is 0 Å². The lowest BCUT2D eigenvalue weighted by Gasteiger charge is -2.18. The minimum atomic E-state index is -3.96. The maximum Gasteiger partial charge on any atom is 0.322 e. The molecular weight excluding hydrogens is 358 g/mol. The number of rotatable bonds is 5. The molecule has 0 aliphatic heterocycles. The normalized spacial score (nSPS) is 13.5. The van der Waals surface area contributed by atoms with Crippen LogP contribution in [0.3, 0.4) is 0 Å². The average molecular weight is 371 g/mol. The highest BCUT2D eigenvalue weighted by Gasteiger charge is 2.29. The summed E-state index contributed by atoms with van der Waals surface area (Å²) in [5.41, 5.74) is 0. The van der Waals surface area contributed by atoms with Crippen LogP contribution in [0.2, 0.25) is 5.02 Å². The molecule has 0 amide bonds. The van der Waals surface area contributed by atoms with Crippen LogP contribution in [-0.4, -0.2) is 25.5 Å². The topological polar surface area (TPSA) is 83.5 Å². The SMILES string of the molecule is CC(C)[C@@H](NS(=O)(=O)c1cccc(Cl)c1Br)C(=O)O. The van der Waals surface area contributed by atoms with Crippen molar-refractivity contribution in [1.29, 1.82) is 0 Å². The average Bonchev–Trinajstić information content (AvgIpc) is 2.28. The molecule has 1 aromatic rings. The van der Waals surface area contributed by atoms with Gasteiger partial charge in [0.2, 0.25) is 10.0 Å². The minimum absolute atomic E-state index is 0.0908. The molecule has 1 atom stereocenters. The van der Waals surface area contributed by atoms with Gasteiger partial charge in [0.05, 0.1) is 14.4 Å². The molecule has 8 heteroatoms. The summed E-state index contributed by atoms with van der Waals surface area (Å²) in [4.78, 5) is 10.9. The van der Waals surface area contributed by atoms with E-state index in [1.54, 1.807) is 13.8 Å².